The smallest absolute Gasteiger partial charge is 0.239 e. The Morgan fingerprint density at radius 3 is 2.17 bits per heavy atom. The first-order chi connectivity index (χ1) is 11.2. The van der Waals surface area contributed by atoms with Crippen molar-refractivity contribution in [1.82, 2.24) is 10.6 Å². The molecule has 0 atom stereocenters. The molecule has 0 unspecified atom stereocenters. The Morgan fingerprint density at radius 1 is 0.913 bits per heavy atom. The number of carbonyl (C=O) groups is 1. The average Bonchev–Trinajstić information content (AvgIpc) is 2.60. The van der Waals surface area contributed by atoms with Crippen molar-refractivity contribution in [2.24, 2.45) is 10.7 Å². The molecule has 0 saturated carbocycles. The maximum absolute atomic E-state index is 11.7. The Hall–Kier alpha value is -2.82. The van der Waals surface area contributed by atoms with Gasteiger partial charge in [-0.1, -0.05) is 60.7 Å². The zero-order chi connectivity index (χ0) is 16.3. The number of nitrogens with two attached hydrogens (primary N) is 1. The summed E-state index contributed by atoms with van der Waals surface area (Å²) in [5.74, 6) is 0.172. The number of benzene rings is 2. The minimum absolute atomic E-state index is 0.0983. The van der Waals surface area contributed by atoms with E-state index in [2.05, 4.69) is 15.6 Å². The number of amides is 1. The van der Waals surface area contributed by atoms with Crippen LogP contribution < -0.4 is 16.4 Å². The third-order valence-electron chi connectivity index (χ3n) is 3.28. The van der Waals surface area contributed by atoms with Crippen LogP contribution in [0.4, 0.5) is 0 Å². The van der Waals surface area contributed by atoms with Gasteiger partial charge in [0.1, 0.15) is 0 Å². The number of hydrogen-bond acceptors (Lipinski definition) is 2. The normalized spacial score (nSPS) is 11.0. The summed E-state index contributed by atoms with van der Waals surface area (Å²) in [4.78, 5) is 15.9. The largest absolute Gasteiger partial charge is 0.370 e. The Kier molecular flexibility index (Phi) is 6.65. The van der Waals surface area contributed by atoms with Crippen molar-refractivity contribution in [2.45, 2.75) is 13.0 Å². The number of hydrogen-bond donors (Lipinski definition) is 3. The molecule has 0 bridgehead atoms. The molecule has 4 N–H and O–H groups in total. The van der Waals surface area contributed by atoms with E-state index >= 15 is 0 Å². The van der Waals surface area contributed by atoms with Gasteiger partial charge in [-0.15, -0.1) is 0 Å². The molecule has 5 nitrogen and oxygen atoms in total. The van der Waals surface area contributed by atoms with E-state index in [1.54, 1.807) is 0 Å². The summed E-state index contributed by atoms with van der Waals surface area (Å²) in [5, 5.41) is 5.67. The fourth-order valence-electron chi connectivity index (χ4n) is 2.04. The molecule has 0 aliphatic rings. The molecule has 0 saturated heterocycles. The fourth-order valence-corrected chi connectivity index (χ4v) is 2.04. The molecule has 0 aliphatic heterocycles. The van der Waals surface area contributed by atoms with E-state index in [4.69, 9.17) is 5.73 Å². The molecule has 2 aromatic carbocycles. The lowest BCUT2D eigenvalue weighted by molar-refractivity contribution is -0.119. The average molecular weight is 310 g/mol. The van der Waals surface area contributed by atoms with Gasteiger partial charge in [0, 0.05) is 6.54 Å². The third kappa shape index (κ3) is 6.65. The summed E-state index contributed by atoms with van der Waals surface area (Å²) in [7, 11) is 0. The fraction of sp³-hybridized carbons (Fsp3) is 0.222. The Morgan fingerprint density at radius 2 is 1.52 bits per heavy atom. The molecular formula is C18H22N4O. The molecule has 0 aliphatic carbocycles. The highest BCUT2D eigenvalue weighted by atomic mass is 16.1. The first-order valence-corrected chi connectivity index (χ1v) is 7.62. The highest BCUT2D eigenvalue weighted by Crippen LogP contribution is 1.99. The maximum atomic E-state index is 11.7. The van der Waals surface area contributed by atoms with Crippen molar-refractivity contribution in [3.8, 4) is 0 Å². The Balaban J connectivity index is 1.63. The summed E-state index contributed by atoms with van der Waals surface area (Å²) >= 11 is 0. The number of aliphatic imine (C=N–C) groups is 1. The van der Waals surface area contributed by atoms with Crippen molar-refractivity contribution < 1.29 is 4.79 Å². The SMILES string of the molecule is NC(=NCc1ccccc1)NCC(=O)NCCc1ccccc1. The maximum Gasteiger partial charge on any atom is 0.239 e. The van der Waals surface area contributed by atoms with E-state index in [9.17, 15) is 4.79 Å². The van der Waals surface area contributed by atoms with Crippen LogP contribution in [0.25, 0.3) is 0 Å². The van der Waals surface area contributed by atoms with Crippen molar-refractivity contribution in [2.75, 3.05) is 13.1 Å². The van der Waals surface area contributed by atoms with Gasteiger partial charge in [0.2, 0.25) is 5.91 Å². The lowest BCUT2D eigenvalue weighted by atomic mass is 10.1. The van der Waals surface area contributed by atoms with Crippen molar-refractivity contribution >= 4 is 11.9 Å². The van der Waals surface area contributed by atoms with Crippen molar-refractivity contribution in [1.29, 1.82) is 0 Å². The molecule has 0 radical (unpaired) electrons. The molecular weight excluding hydrogens is 288 g/mol. The topological polar surface area (TPSA) is 79.5 Å². The molecule has 2 aromatic rings. The minimum Gasteiger partial charge on any atom is -0.370 e. The standard InChI is InChI=1S/C18H22N4O/c19-18(21-13-16-9-5-2-6-10-16)22-14-17(23)20-12-11-15-7-3-1-4-8-15/h1-10H,11-14H2,(H,20,23)(H3,19,21,22). The van der Waals surface area contributed by atoms with Gasteiger partial charge in [0.05, 0.1) is 13.1 Å². The monoisotopic (exact) mass is 310 g/mol. The van der Waals surface area contributed by atoms with Crippen molar-refractivity contribution in [3.05, 3.63) is 71.8 Å². The predicted molar refractivity (Wildman–Crippen MR) is 92.9 cm³/mol. The zero-order valence-electron chi connectivity index (χ0n) is 13.0. The minimum atomic E-state index is -0.0983. The number of rotatable bonds is 7. The Labute approximate surface area is 136 Å². The van der Waals surface area contributed by atoms with Gasteiger partial charge in [0.15, 0.2) is 5.96 Å². The predicted octanol–water partition coefficient (Wildman–Crippen LogP) is 1.45. The van der Waals surface area contributed by atoms with Crippen LogP contribution in [0.1, 0.15) is 11.1 Å². The van der Waals surface area contributed by atoms with E-state index in [0.717, 1.165) is 12.0 Å². The van der Waals surface area contributed by atoms with E-state index in [1.807, 2.05) is 60.7 Å². The van der Waals surface area contributed by atoms with E-state index in [0.29, 0.717) is 13.1 Å². The van der Waals surface area contributed by atoms with Crippen LogP contribution in [0, 0.1) is 0 Å². The highest BCUT2D eigenvalue weighted by Gasteiger charge is 2.01. The molecule has 23 heavy (non-hydrogen) atoms. The molecule has 2 rings (SSSR count). The van der Waals surface area contributed by atoms with Crippen LogP contribution in [0.2, 0.25) is 0 Å². The van der Waals surface area contributed by atoms with Gasteiger partial charge >= 0.3 is 0 Å². The van der Waals surface area contributed by atoms with Gasteiger partial charge in [0.25, 0.3) is 0 Å². The van der Waals surface area contributed by atoms with Crippen molar-refractivity contribution in [3.63, 3.8) is 0 Å². The number of nitrogens with one attached hydrogen (secondary N) is 2. The van der Waals surface area contributed by atoms with Crippen LogP contribution in [0.15, 0.2) is 65.7 Å². The summed E-state index contributed by atoms with van der Waals surface area (Å²) < 4.78 is 0. The quantitative estimate of drug-likeness (QED) is 0.535. The van der Waals surface area contributed by atoms with Gasteiger partial charge < -0.3 is 16.4 Å². The summed E-state index contributed by atoms with van der Waals surface area (Å²) in [6.07, 6.45) is 0.810. The second kappa shape index (κ2) is 9.25. The lowest BCUT2D eigenvalue weighted by Gasteiger charge is -2.07. The van der Waals surface area contributed by atoms with Gasteiger partial charge in [-0.05, 0) is 17.5 Å². The summed E-state index contributed by atoms with van der Waals surface area (Å²) in [6.45, 7) is 1.22. The van der Waals surface area contributed by atoms with Gasteiger partial charge in [-0.25, -0.2) is 4.99 Å². The second-order valence-corrected chi connectivity index (χ2v) is 5.13. The van der Waals surface area contributed by atoms with Crippen LogP contribution in [0.5, 0.6) is 0 Å². The van der Waals surface area contributed by atoms with E-state index in [1.165, 1.54) is 5.56 Å². The molecule has 0 aromatic heterocycles. The molecule has 5 heteroatoms. The van der Waals surface area contributed by atoms with Gasteiger partial charge in [-0.2, -0.15) is 0 Å². The van der Waals surface area contributed by atoms with E-state index < -0.39 is 0 Å². The molecule has 0 heterocycles. The van der Waals surface area contributed by atoms with E-state index in [-0.39, 0.29) is 18.4 Å². The molecule has 0 spiro atoms. The Bertz CT molecular complexity index is 626. The van der Waals surface area contributed by atoms with Gasteiger partial charge in [-0.3, -0.25) is 4.79 Å². The third-order valence-corrected chi connectivity index (χ3v) is 3.28. The number of nitrogens with zero attached hydrogens (tertiary/aromatic N) is 1. The second-order valence-electron chi connectivity index (χ2n) is 5.13. The molecule has 1 amide bonds. The number of guanidine groups is 1. The first kappa shape index (κ1) is 16.5. The first-order valence-electron chi connectivity index (χ1n) is 7.62. The van der Waals surface area contributed by atoms with Crippen LogP contribution in [-0.4, -0.2) is 25.0 Å². The van der Waals surface area contributed by atoms with Crippen LogP contribution >= 0.6 is 0 Å². The summed E-state index contributed by atoms with van der Waals surface area (Å²) in [5.41, 5.74) is 8.02. The zero-order valence-corrected chi connectivity index (χ0v) is 13.0. The highest BCUT2D eigenvalue weighted by molar-refractivity contribution is 5.85. The number of carbonyl (C=O) groups excluding carboxylic acids is 1. The summed E-state index contributed by atoms with van der Waals surface area (Å²) in [6, 6.07) is 19.9. The molecule has 120 valence electrons. The van der Waals surface area contributed by atoms with Crippen LogP contribution in [0.3, 0.4) is 0 Å². The lowest BCUT2D eigenvalue weighted by Crippen LogP contribution is -2.41. The van der Waals surface area contributed by atoms with Crippen LogP contribution in [-0.2, 0) is 17.8 Å². The molecule has 0 fully saturated rings.